The van der Waals surface area contributed by atoms with Crippen LogP contribution in [0.1, 0.15) is 33.4 Å². The molecule has 2 aliphatic carbocycles. The smallest absolute Gasteiger partial charge is 0.0716 e. The third kappa shape index (κ3) is 3.73. The van der Waals surface area contributed by atoms with Crippen molar-refractivity contribution in [1.29, 1.82) is 0 Å². The van der Waals surface area contributed by atoms with Crippen molar-refractivity contribution in [2.45, 2.75) is 25.9 Å². The van der Waals surface area contributed by atoms with Crippen LogP contribution in [-0.4, -0.2) is 8.07 Å². The lowest BCUT2D eigenvalue weighted by atomic mass is 9.94. The zero-order chi connectivity index (χ0) is 27.6. The van der Waals surface area contributed by atoms with Crippen molar-refractivity contribution in [3.05, 3.63) is 167 Å². The standard InChI is InChI=1S/C40H32Si/c1-41(2,39-21-9-19-33-35(23-25-37(33)39)31-17-7-13-27-11-3-5-15-29(27)31)40-22-10-20-34-36(24-26-38(34)40)32-18-8-14-28-12-4-6-16-30(28)32/h3-24H,25-26H2,1-2H3. The lowest BCUT2D eigenvalue weighted by Gasteiger charge is -2.29. The second-order valence-electron chi connectivity index (χ2n) is 12.0. The van der Waals surface area contributed by atoms with Crippen molar-refractivity contribution in [2.75, 3.05) is 0 Å². The van der Waals surface area contributed by atoms with E-state index >= 15 is 0 Å². The molecule has 0 aromatic heterocycles. The minimum absolute atomic E-state index is 1.01. The molecule has 6 aromatic rings. The Balaban J connectivity index is 1.22. The Hall–Kier alpha value is -4.46. The number of hydrogen-bond donors (Lipinski definition) is 0. The largest absolute Gasteiger partial charge is 0.113 e. The predicted molar refractivity (Wildman–Crippen MR) is 179 cm³/mol. The quantitative estimate of drug-likeness (QED) is 0.196. The van der Waals surface area contributed by atoms with Crippen molar-refractivity contribution < 1.29 is 0 Å². The van der Waals surface area contributed by atoms with Gasteiger partial charge in [-0.3, -0.25) is 0 Å². The number of fused-ring (bicyclic) bond motifs is 4. The van der Waals surface area contributed by atoms with E-state index in [4.69, 9.17) is 0 Å². The molecule has 196 valence electrons. The average Bonchev–Trinajstić information content (AvgIpc) is 3.65. The molecule has 0 unspecified atom stereocenters. The highest BCUT2D eigenvalue weighted by molar-refractivity contribution is 7.01. The molecule has 0 aliphatic heterocycles. The first kappa shape index (κ1) is 24.3. The minimum Gasteiger partial charge on any atom is -0.0716 e. The second-order valence-corrected chi connectivity index (χ2v) is 16.3. The number of benzene rings is 6. The average molecular weight is 541 g/mol. The van der Waals surface area contributed by atoms with E-state index in [2.05, 4.69) is 147 Å². The van der Waals surface area contributed by atoms with Crippen LogP contribution < -0.4 is 10.4 Å². The van der Waals surface area contributed by atoms with Gasteiger partial charge < -0.3 is 0 Å². The fourth-order valence-corrected chi connectivity index (χ4v) is 10.8. The maximum Gasteiger partial charge on any atom is 0.113 e. The van der Waals surface area contributed by atoms with Crippen molar-refractivity contribution in [3.8, 4) is 0 Å². The first-order valence-corrected chi connectivity index (χ1v) is 17.7. The summed E-state index contributed by atoms with van der Waals surface area (Å²) in [7, 11) is -2.00. The van der Waals surface area contributed by atoms with E-state index in [9.17, 15) is 0 Å². The molecule has 0 bridgehead atoms. The van der Waals surface area contributed by atoms with Gasteiger partial charge in [-0.05, 0) is 78.9 Å². The van der Waals surface area contributed by atoms with Crippen LogP contribution in [0.25, 0.3) is 32.7 Å². The van der Waals surface area contributed by atoms with E-state index in [1.165, 1.54) is 66.1 Å². The summed E-state index contributed by atoms with van der Waals surface area (Å²) in [5.41, 5.74) is 11.4. The summed E-state index contributed by atoms with van der Waals surface area (Å²) in [5, 5.41) is 8.44. The first-order chi connectivity index (χ1) is 20.1. The van der Waals surface area contributed by atoms with Gasteiger partial charge in [0.25, 0.3) is 0 Å². The molecule has 0 saturated carbocycles. The maximum atomic E-state index is 2.56. The van der Waals surface area contributed by atoms with Crippen LogP contribution in [0, 0.1) is 0 Å². The molecule has 0 nitrogen and oxygen atoms in total. The number of hydrogen-bond acceptors (Lipinski definition) is 0. The maximum absolute atomic E-state index is 2.56. The molecule has 0 saturated heterocycles. The Morgan fingerprint density at radius 2 is 0.805 bits per heavy atom. The third-order valence-corrected chi connectivity index (χ3v) is 13.1. The van der Waals surface area contributed by atoms with Crippen LogP contribution in [0.2, 0.25) is 13.1 Å². The van der Waals surface area contributed by atoms with E-state index in [0.29, 0.717) is 0 Å². The topological polar surface area (TPSA) is 0 Å². The monoisotopic (exact) mass is 540 g/mol. The van der Waals surface area contributed by atoms with Gasteiger partial charge >= 0.3 is 0 Å². The van der Waals surface area contributed by atoms with Crippen LogP contribution in [0.15, 0.2) is 133 Å². The van der Waals surface area contributed by atoms with Gasteiger partial charge in [0.2, 0.25) is 0 Å². The van der Waals surface area contributed by atoms with Gasteiger partial charge in [-0.25, -0.2) is 0 Å². The predicted octanol–water partition coefficient (Wildman–Crippen LogP) is 8.79. The highest BCUT2D eigenvalue weighted by Gasteiger charge is 2.35. The molecule has 0 heterocycles. The van der Waals surface area contributed by atoms with Crippen LogP contribution >= 0.6 is 0 Å². The van der Waals surface area contributed by atoms with Gasteiger partial charge in [-0.2, -0.15) is 0 Å². The molecule has 0 atom stereocenters. The lowest BCUT2D eigenvalue weighted by molar-refractivity contribution is 1.31. The van der Waals surface area contributed by atoms with E-state index < -0.39 is 8.07 Å². The van der Waals surface area contributed by atoms with Crippen LogP contribution in [-0.2, 0) is 12.8 Å². The molecular formula is C40H32Si. The molecular weight excluding hydrogens is 509 g/mol. The summed E-state index contributed by atoms with van der Waals surface area (Å²) in [6.07, 6.45) is 6.95. The van der Waals surface area contributed by atoms with Crippen molar-refractivity contribution in [1.82, 2.24) is 0 Å². The van der Waals surface area contributed by atoms with Gasteiger partial charge in [-0.1, -0.05) is 157 Å². The van der Waals surface area contributed by atoms with E-state index in [1.54, 1.807) is 10.4 Å². The van der Waals surface area contributed by atoms with Gasteiger partial charge in [0.05, 0.1) is 0 Å². The molecule has 8 rings (SSSR count). The molecule has 0 spiro atoms. The molecule has 1 heteroatoms. The number of allylic oxidation sites excluding steroid dienone is 2. The Morgan fingerprint density at radius 1 is 0.415 bits per heavy atom. The molecule has 6 aromatic carbocycles. The zero-order valence-corrected chi connectivity index (χ0v) is 24.6. The molecule has 0 amide bonds. The molecule has 0 N–H and O–H groups in total. The summed E-state index contributed by atoms with van der Waals surface area (Å²) in [5.74, 6) is 0. The Kier molecular flexibility index (Phi) is 5.52. The summed E-state index contributed by atoms with van der Waals surface area (Å²) in [4.78, 5) is 0. The van der Waals surface area contributed by atoms with E-state index in [1.807, 2.05) is 0 Å². The first-order valence-electron chi connectivity index (χ1n) is 14.7. The molecule has 0 fully saturated rings. The molecule has 2 aliphatic rings. The minimum atomic E-state index is -2.00. The third-order valence-electron chi connectivity index (χ3n) is 9.46. The normalized spacial score (nSPS) is 14.2. The van der Waals surface area contributed by atoms with Gasteiger partial charge in [0.1, 0.15) is 8.07 Å². The Labute approximate surface area is 243 Å². The SMILES string of the molecule is C[Si](C)(c1cccc2c1CC=C2c1cccc2ccccc12)c1cccc2c1CC=C2c1cccc2ccccc12. The fourth-order valence-electron chi connectivity index (χ4n) is 7.49. The van der Waals surface area contributed by atoms with Gasteiger partial charge in [0.15, 0.2) is 0 Å². The van der Waals surface area contributed by atoms with Gasteiger partial charge in [-0.15, -0.1) is 0 Å². The van der Waals surface area contributed by atoms with Crippen LogP contribution in [0.4, 0.5) is 0 Å². The summed E-state index contributed by atoms with van der Waals surface area (Å²) in [6.45, 7) is 5.12. The second kappa shape index (κ2) is 9.29. The Bertz CT molecular complexity index is 1910. The lowest BCUT2D eigenvalue weighted by Crippen LogP contribution is -2.55. The van der Waals surface area contributed by atoms with Crippen LogP contribution in [0.3, 0.4) is 0 Å². The summed E-state index contributed by atoms with van der Waals surface area (Å²) >= 11 is 0. The van der Waals surface area contributed by atoms with Gasteiger partial charge in [0, 0.05) is 0 Å². The Morgan fingerprint density at radius 3 is 1.29 bits per heavy atom. The van der Waals surface area contributed by atoms with Crippen molar-refractivity contribution in [3.63, 3.8) is 0 Å². The molecule has 0 radical (unpaired) electrons. The zero-order valence-electron chi connectivity index (χ0n) is 23.6. The van der Waals surface area contributed by atoms with Crippen molar-refractivity contribution in [2.24, 2.45) is 0 Å². The molecule has 41 heavy (non-hydrogen) atoms. The highest BCUT2D eigenvalue weighted by atomic mass is 28.3. The number of rotatable bonds is 4. The van der Waals surface area contributed by atoms with Crippen molar-refractivity contribution >= 4 is 51.1 Å². The fraction of sp³-hybridized carbons (Fsp3) is 0.100. The summed E-state index contributed by atoms with van der Waals surface area (Å²) in [6, 6.07) is 45.1. The van der Waals surface area contributed by atoms with E-state index in [0.717, 1.165) is 12.8 Å². The highest BCUT2D eigenvalue weighted by Crippen LogP contribution is 2.38. The van der Waals surface area contributed by atoms with E-state index in [-0.39, 0.29) is 0 Å². The summed E-state index contributed by atoms with van der Waals surface area (Å²) < 4.78 is 0. The van der Waals surface area contributed by atoms with Crippen LogP contribution in [0.5, 0.6) is 0 Å².